The molecule has 0 radical (unpaired) electrons. The standard InChI is InChI=1S/C17H26N2O3/c1-21-10-11-22-15-8-6-13(7-9-15)17(20)19-16-5-3-2-4-14(16)12-18/h6-9,14,16H,2-5,10-12,18H2,1H3,(H,19,20). The van der Waals surface area contributed by atoms with Gasteiger partial charge >= 0.3 is 0 Å². The molecule has 5 nitrogen and oxygen atoms in total. The van der Waals surface area contributed by atoms with Crippen molar-refractivity contribution in [3.8, 4) is 5.75 Å². The molecule has 0 spiro atoms. The van der Waals surface area contributed by atoms with E-state index in [-0.39, 0.29) is 11.9 Å². The predicted molar refractivity (Wildman–Crippen MR) is 86.1 cm³/mol. The number of nitrogens with two attached hydrogens (primary N) is 1. The van der Waals surface area contributed by atoms with Crippen LogP contribution in [0.3, 0.4) is 0 Å². The predicted octanol–water partition coefficient (Wildman–Crippen LogP) is 1.96. The number of methoxy groups -OCH3 is 1. The molecule has 1 amide bonds. The van der Waals surface area contributed by atoms with Crippen molar-refractivity contribution in [3.05, 3.63) is 29.8 Å². The van der Waals surface area contributed by atoms with Crippen molar-refractivity contribution in [1.82, 2.24) is 5.32 Å². The van der Waals surface area contributed by atoms with E-state index in [1.165, 1.54) is 6.42 Å². The minimum absolute atomic E-state index is 0.0335. The number of ether oxygens (including phenoxy) is 2. The molecule has 0 saturated heterocycles. The number of hydrogen-bond acceptors (Lipinski definition) is 4. The largest absolute Gasteiger partial charge is 0.491 e. The van der Waals surface area contributed by atoms with E-state index in [1.54, 1.807) is 19.2 Å². The average Bonchev–Trinajstić information content (AvgIpc) is 2.56. The zero-order valence-corrected chi connectivity index (χ0v) is 13.2. The van der Waals surface area contributed by atoms with Gasteiger partial charge in [-0.2, -0.15) is 0 Å². The van der Waals surface area contributed by atoms with Gasteiger partial charge in [0.05, 0.1) is 6.61 Å². The van der Waals surface area contributed by atoms with Crippen LogP contribution < -0.4 is 15.8 Å². The van der Waals surface area contributed by atoms with E-state index in [1.807, 2.05) is 12.1 Å². The third-order valence-corrected chi connectivity index (χ3v) is 4.20. The summed E-state index contributed by atoms with van der Waals surface area (Å²) in [6.45, 7) is 1.68. The van der Waals surface area contributed by atoms with Crippen LogP contribution in [0.15, 0.2) is 24.3 Å². The molecule has 1 aromatic rings. The average molecular weight is 306 g/mol. The highest BCUT2D eigenvalue weighted by Crippen LogP contribution is 2.24. The Kier molecular flexibility index (Phi) is 6.68. The normalized spacial score (nSPS) is 21.4. The van der Waals surface area contributed by atoms with Crippen molar-refractivity contribution in [1.29, 1.82) is 0 Å². The lowest BCUT2D eigenvalue weighted by atomic mass is 9.84. The summed E-state index contributed by atoms with van der Waals surface area (Å²) in [5.74, 6) is 1.11. The minimum Gasteiger partial charge on any atom is -0.491 e. The van der Waals surface area contributed by atoms with E-state index in [0.717, 1.165) is 25.0 Å². The van der Waals surface area contributed by atoms with Gasteiger partial charge in [0.15, 0.2) is 0 Å². The minimum atomic E-state index is -0.0335. The zero-order valence-electron chi connectivity index (χ0n) is 13.2. The lowest BCUT2D eigenvalue weighted by Gasteiger charge is -2.31. The molecule has 5 heteroatoms. The van der Waals surface area contributed by atoms with Crippen molar-refractivity contribution >= 4 is 5.91 Å². The first kappa shape index (κ1) is 16.8. The molecule has 0 heterocycles. The van der Waals surface area contributed by atoms with Gasteiger partial charge in [-0.05, 0) is 49.6 Å². The van der Waals surface area contributed by atoms with Gasteiger partial charge in [-0.1, -0.05) is 12.8 Å². The van der Waals surface area contributed by atoms with Crippen LogP contribution in [0.5, 0.6) is 5.75 Å². The molecular formula is C17H26N2O3. The van der Waals surface area contributed by atoms with Gasteiger partial charge in [0.1, 0.15) is 12.4 Å². The molecule has 3 N–H and O–H groups in total. The third-order valence-electron chi connectivity index (χ3n) is 4.20. The molecule has 2 atom stereocenters. The van der Waals surface area contributed by atoms with E-state index in [2.05, 4.69) is 5.32 Å². The van der Waals surface area contributed by atoms with Crippen LogP contribution in [0.2, 0.25) is 0 Å². The van der Waals surface area contributed by atoms with Crippen LogP contribution in [0.1, 0.15) is 36.0 Å². The van der Waals surface area contributed by atoms with Gasteiger partial charge in [0.25, 0.3) is 5.91 Å². The van der Waals surface area contributed by atoms with E-state index in [0.29, 0.717) is 31.2 Å². The summed E-state index contributed by atoms with van der Waals surface area (Å²) >= 11 is 0. The highest BCUT2D eigenvalue weighted by Gasteiger charge is 2.25. The van der Waals surface area contributed by atoms with E-state index in [9.17, 15) is 4.79 Å². The number of rotatable bonds is 7. The fourth-order valence-electron chi connectivity index (χ4n) is 2.88. The molecule has 22 heavy (non-hydrogen) atoms. The highest BCUT2D eigenvalue weighted by atomic mass is 16.5. The first-order valence-electron chi connectivity index (χ1n) is 7.97. The molecular weight excluding hydrogens is 280 g/mol. The summed E-state index contributed by atoms with van der Waals surface area (Å²) in [6.07, 6.45) is 4.50. The van der Waals surface area contributed by atoms with Crippen LogP contribution in [0.4, 0.5) is 0 Å². The Hall–Kier alpha value is -1.59. The summed E-state index contributed by atoms with van der Waals surface area (Å²) in [5, 5.41) is 3.13. The van der Waals surface area contributed by atoms with Crippen molar-refractivity contribution in [2.45, 2.75) is 31.7 Å². The lowest BCUT2D eigenvalue weighted by molar-refractivity contribution is 0.0908. The lowest BCUT2D eigenvalue weighted by Crippen LogP contribution is -2.44. The second-order valence-corrected chi connectivity index (χ2v) is 5.73. The summed E-state index contributed by atoms with van der Waals surface area (Å²) in [6, 6.07) is 7.40. The summed E-state index contributed by atoms with van der Waals surface area (Å²) in [5.41, 5.74) is 6.46. The van der Waals surface area contributed by atoms with Crippen molar-refractivity contribution < 1.29 is 14.3 Å². The Balaban J connectivity index is 1.89. The molecule has 0 aliphatic heterocycles. The summed E-state index contributed by atoms with van der Waals surface area (Å²) in [7, 11) is 1.64. The van der Waals surface area contributed by atoms with Gasteiger partial charge in [-0.15, -0.1) is 0 Å². The monoisotopic (exact) mass is 306 g/mol. The maximum Gasteiger partial charge on any atom is 0.251 e. The van der Waals surface area contributed by atoms with Crippen molar-refractivity contribution in [2.75, 3.05) is 26.9 Å². The van der Waals surface area contributed by atoms with Gasteiger partial charge in [-0.25, -0.2) is 0 Å². The Labute approximate surface area is 132 Å². The molecule has 1 aliphatic rings. The fraction of sp³-hybridized carbons (Fsp3) is 0.588. The first-order chi connectivity index (χ1) is 10.7. The number of hydrogen-bond donors (Lipinski definition) is 2. The first-order valence-corrected chi connectivity index (χ1v) is 7.97. The Bertz CT molecular complexity index is 461. The molecule has 122 valence electrons. The van der Waals surface area contributed by atoms with Crippen molar-refractivity contribution in [3.63, 3.8) is 0 Å². The summed E-state index contributed by atoms with van der Waals surface area (Å²) in [4.78, 5) is 12.3. The summed E-state index contributed by atoms with van der Waals surface area (Å²) < 4.78 is 10.4. The van der Waals surface area contributed by atoms with E-state index in [4.69, 9.17) is 15.2 Å². The highest BCUT2D eigenvalue weighted by molar-refractivity contribution is 5.94. The van der Waals surface area contributed by atoms with Gasteiger partial charge in [-0.3, -0.25) is 4.79 Å². The number of amides is 1. The van der Waals surface area contributed by atoms with Crippen LogP contribution in [0.25, 0.3) is 0 Å². The van der Waals surface area contributed by atoms with Crippen LogP contribution in [-0.4, -0.2) is 38.8 Å². The topological polar surface area (TPSA) is 73.6 Å². The molecule has 2 unspecified atom stereocenters. The fourth-order valence-corrected chi connectivity index (χ4v) is 2.88. The SMILES string of the molecule is COCCOc1ccc(C(=O)NC2CCCCC2CN)cc1. The van der Waals surface area contributed by atoms with Crippen LogP contribution >= 0.6 is 0 Å². The van der Waals surface area contributed by atoms with E-state index >= 15 is 0 Å². The molecule has 2 rings (SSSR count). The number of carbonyl (C=O) groups excluding carboxylic acids is 1. The smallest absolute Gasteiger partial charge is 0.251 e. The zero-order chi connectivity index (χ0) is 15.8. The van der Waals surface area contributed by atoms with Crippen LogP contribution in [-0.2, 0) is 4.74 Å². The number of nitrogens with one attached hydrogen (secondary N) is 1. The molecule has 1 aliphatic carbocycles. The molecule has 1 saturated carbocycles. The van der Waals surface area contributed by atoms with Gasteiger partial charge in [0.2, 0.25) is 0 Å². The quantitative estimate of drug-likeness (QED) is 0.755. The maximum atomic E-state index is 12.3. The Morgan fingerprint density at radius 2 is 1.95 bits per heavy atom. The second kappa shape index (κ2) is 8.76. The Morgan fingerprint density at radius 3 is 2.64 bits per heavy atom. The van der Waals surface area contributed by atoms with Gasteiger partial charge < -0.3 is 20.5 Å². The maximum absolute atomic E-state index is 12.3. The number of benzene rings is 1. The third kappa shape index (κ3) is 4.71. The second-order valence-electron chi connectivity index (χ2n) is 5.73. The van der Waals surface area contributed by atoms with Crippen molar-refractivity contribution in [2.24, 2.45) is 11.7 Å². The molecule has 0 bridgehead atoms. The van der Waals surface area contributed by atoms with E-state index < -0.39 is 0 Å². The Morgan fingerprint density at radius 1 is 1.23 bits per heavy atom. The molecule has 0 aromatic heterocycles. The van der Waals surface area contributed by atoms with Gasteiger partial charge in [0, 0.05) is 18.7 Å². The molecule has 1 aromatic carbocycles. The van der Waals surface area contributed by atoms with Crippen LogP contribution in [0, 0.1) is 5.92 Å². The molecule has 1 fully saturated rings. The number of carbonyl (C=O) groups is 1.